The zero-order valence-electron chi connectivity index (χ0n) is 17.4. The van der Waals surface area contributed by atoms with Crippen LogP contribution in [0.15, 0.2) is 18.2 Å². The molecule has 1 aromatic carbocycles. The summed E-state index contributed by atoms with van der Waals surface area (Å²) in [7, 11) is -3.20. The highest BCUT2D eigenvalue weighted by molar-refractivity contribution is 7.93. The largest absolute Gasteiger partial charge is 0.342 e. The lowest BCUT2D eigenvalue weighted by Crippen LogP contribution is -2.64. The number of nitrogens with one attached hydrogen (secondary N) is 2. The average molecular weight is 482 g/mol. The topological polar surface area (TPSA) is 114 Å². The number of Topliss-reactive ketones (excluding diaryl/α,β-unsaturated/α-hetero) is 1. The van der Waals surface area contributed by atoms with Gasteiger partial charge in [0.05, 0.1) is 27.6 Å². The third-order valence-corrected chi connectivity index (χ3v) is 8.17. The van der Waals surface area contributed by atoms with E-state index in [4.69, 9.17) is 11.6 Å². The summed E-state index contributed by atoms with van der Waals surface area (Å²) in [6, 6.07) is 3.79. The van der Waals surface area contributed by atoms with Gasteiger partial charge in [0.2, 0.25) is 0 Å². The molecular formula is C21H21ClFN3O5S. The fourth-order valence-corrected chi connectivity index (χ4v) is 6.70. The van der Waals surface area contributed by atoms with Gasteiger partial charge in [-0.25, -0.2) is 12.8 Å². The molecule has 0 unspecified atom stereocenters. The molecule has 0 atom stereocenters. The van der Waals surface area contributed by atoms with Crippen molar-refractivity contribution in [2.45, 2.75) is 38.8 Å². The van der Waals surface area contributed by atoms with Crippen LogP contribution < -0.4 is 10.6 Å². The molecule has 170 valence electrons. The van der Waals surface area contributed by atoms with Gasteiger partial charge in [0.25, 0.3) is 17.6 Å². The van der Waals surface area contributed by atoms with E-state index in [-0.39, 0.29) is 27.8 Å². The van der Waals surface area contributed by atoms with Gasteiger partial charge in [-0.05, 0) is 50.5 Å². The van der Waals surface area contributed by atoms with Crippen molar-refractivity contribution in [1.82, 2.24) is 9.88 Å². The second-order valence-electron chi connectivity index (χ2n) is 8.51. The Labute approximate surface area is 189 Å². The molecule has 2 amide bonds. The van der Waals surface area contributed by atoms with Crippen LogP contribution in [0.5, 0.6) is 0 Å². The van der Waals surface area contributed by atoms with Crippen LogP contribution >= 0.6 is 11.6 Å². The Bertz CT molecular complexity index is 1270. The van der Waals surface area contributed by atoms with Gasteiger partial charge in [0.15, 0.2) is 9.84 Å². The van der Waals surface area contributed by atoms with Crippen LogP contribution in [0, 0.1) is 12.7 Å². The number of fused-ring (bicyclic) bond motifs is 1. The lowest BCUT2D eigenvalue weighted by molar-refractivity contribution is -0.118. The molecule has 0 saturated carbocycles. The normalized spacial score (nSPS) is 17.9. The Hall–Kier alpha value is -2.72. The molecule has 1 aromatic heterocycles. The minimum atomic E-state index is -3.20. The van der Waals surface area contributed by atoms with E-state index in [1.807, 2.05) is 0 Å². The molecule has 11 heteroatoms. The minimum Gasteiger partial charge on any atom is -0.342 e. The van der Waals surface area contributed by atoms with Crippen LogP contribution in [-0.2, 0) is 27.6 Å². The monoisotopic (exact) mass is 481 g/mol. The number of carbonyl (C=O) groups is 3. The summed E-state index contributed by atoms with van der Waals surface area (Å²) in [6.45, 7) is 3.67. The standard InChI is InChI=1S/C21H21ClFN3O5S/c1-11-16(18(27)20(29)25-21(2)9-32(30,31)10-21)15-4-3-7-26(15)17(11)19(28)24-12-5-6-14(23)13(22)8-12/h5-6,8H,3-4,7,9-10H2,1-2H3,(H,24,28)(H,25,29). The van der Waals surface area contributed by atoms with Crippen molar-refractivity contribution in [1.29, 1.82) is 0 Å². The number of halogens is 2. The summed E-state index contributed by atoms with van der Waals surface area (Å²) in [4.78, 5) is 38.7. The van der Waals surface area contributed by atoms with Gasteiger partial charge < -0.3 is 15.2 Å². The quantitative estimate of drug-likeness (QED) is 0.502. The molecule has 2 aromatic rings. The molecule has 1 fully saturated rings. The SMILES string of the molecule is Cc1c(C(=O)C(=O)NC2(C)CS(=O)(=O)C2)c2n(c1C(=O)Nc1ccc(F)c(Cl)c1)CCC2. The molecule has 4 rings (SSSR count). The molecule has 3 heterocycles. The van der Waals surface area contributed by atoms with Crippen molar-refractivity contribution in [2.24, 2.45) is 0 Å². The maximum absolute atomic E-state index is 13.4. The molecule has 2 aliphatic heterocycles. The van der Waals surface area contributed by atoms with Crippen LogP contribution in [-0.4, -0.2) is 47.6 Å². The highest BCUT2D eigenvalue weighted by Gasteiger charge is 2.47. The van der Waals surface area contributed by atoms with Gasteiger partial charge in [-0.2, -0.15) is 0 Å². The van der Waals surface area contributed by atoms with Crippen LogP contribution in [0.1, 0.15) is 45.4 Å². The maximum Gasteiger partial charge on any atom is 0.292 e. The van der Waals surface area contributed by atoms with E-state index in [1.54, 1.807) is 18.4 Å². The smallest absolute Gasteiger partial charge is 0.292 e. The predicted octanol–water partition coefficient (Wildman–Crippen LogP) is 2.27. The lowest BCUT2D eigenvalue weighted by atomic mass is 10.0. The molecule has 0 radical (unpaired) electrons. The summed E-state index contributed by atoms with van der Waals surface area (Å²) in [5.41, 5.74) is 0.664. The molecule has 2 N–H and O–H groups in total. The molecule has 1 saturated heterocycles. The summed E-state index contributed by atoms with van der Waals surface area (Å²) in [5.74, 6) is -3.27. The minimum absolute atomic E-state index is 0.140. The van der Waals surface area contributed by atoms with E-state index in [0.29, 0.717) is 36.3 Å². The first kappa shape index (κ1) is 22.5. The van der Waals surface area contributed by atoms with Crippen molar-refractivity contribution >= 4 is 44.7 Å². The van der Waals surface area contributed by atoms with Gasteiger partial charge in [-0.1, -0.05) is 11.6 Å². The van der Waals surface area contributed by atoms with Gasteiger partial charge in [0.1, 0.15) is 11.5 Å². The summed E-state index contributed by atoms with van der Waals surface area (Å²) >= 11 is 5.78. The average Bonchev–Trinajstić information content (AvgIpc) is 3.21. The first-order chi connectivity index (χ1) is 14.9. The highest BCUT2D eigenvalue weighted by atomic mass is 35.5. The molecule has 0 bridgehead atoms. The zero-order chi connectivity index (χ0) is 23.4. The number of anilines is 1. The Balaban J connectivity index is 1.61. The fraction of sp³-hybridized carbons (Fsp3) is 0.381. The molecule has 0 spiro atoms. The van der Waals surface area contributed by atoms with Gasteiger partial charge in [0, 0.05) is 17.9 Å². The number of rotatable bonds is 5. The number of sulfone groups is 1. The van der Waals surface area contributed by atoms with Crippen molar-refractivity contribution in [2.75, 3.05) is 16.8 Å². The number of benzene rings is 1. The van der Waals surface area contributed by atoms with Crippen LogP contribution in [0.2, 0.25) is 5.02 Å². The molecule has 8 nitrogen and oxygen atoms in total. The van der Waals surface area contributed by atoms with Crippen molar-refractivity contribution in [3.8, 4) is 0 Å². The third kappa shape index (κ3) is 3.93. The van der Waals surface area contributed by atoms with E-state index < -0.39 is 38.8 Å². The number of ketones is 1. The molecule has 32 heavy (non-hydrogen) atoms. The lowest BCUT2D eigenvalue weighted by Gasteiger charge is -2.38. The second-order valence-corrected chi connectivity index (χ2v) is 11.0. The molecule has 0 aliphatic carbocycles. The Morgan fingerprint density at radius 3 is 2.53 bits per heavy atom. The number of carbonyl (C=O) groups excluding carboxylic acids is 3. The van der Waals surface area contributed by atoms with Crippen LogP contribution in [0.25, 0.3) is 0 Å². The third-order valence-electron chi connectivity index (χ3n) is 5.73. The predicted molar refractivity (Wildman–Crippen MR) is 116 cm³/mol. The molecular weight excluding hydrogens is 461 g/mol. The first-order valence-electron chi connectivity index (χ1n) is 9.96. The molecule has 2 aliphatic rings. The van der Waals surface area contributed by atoms with Crippen LogP contribution in [0.4, 0.5) is 10.1 Å². The van der Waals surface area contributed by atoms with Crippen molar-refractivity contribution in [3.05, 3.63) is 51.6 Å². The van der Waals surface area contributed by atoms with E-state index in [2.05, 4.69) is 10.6 Å². The van der Waals surface area contributed by atoms with Gasteiger partial charge >= 0.3 is 0 Å². The number of hydrogen-bond acceptors (Lipinski definition) is 5. The zero-order valence-corrected chi connectivity index (χ0v) is 19.0. The Kier molecular flexibility index (Phi) is 5.41. The van der Waals surface area contributed by atoms with E-state index in [9.17, 15) is 27.2 Å². The fourth-order valence-electron chi connectivity index (χ4n) is 4.52. The summed E-state index contributed by atoms with van der Waals surface area (Å²) < 4.78 is 38.1. The van der Waals surface area contributed by atoms with E-state index in [1.165, 1.54) is 12.1 Å². The van der Waals surface area contributed by atoms with E-state index >= 15 is 0 Å². The first-order valence-corrected chi connectivity index (χ1v) is 12.2. The number of aromatic nitrogens is 1. The number of amides is 2. The highest BCUT2D eigenvalue weighted by Crippen LogP contribution is 2.31. The van der Waals surface area contributed by atoms with Gasteiger partial charge in [-0.15, -0.1) is 0 Å². The number of hydrogen-bond donors (Lipinski definition) is 2. The van der Waals surface area contributed by atoms with Gasteiger partial charge in [-0.3, -0.25) is 14.4 Å². The number of nitrogens with zero attached hydrogens (tertiary/aromatic N) is 1. The summed E-state index contributed by atoms with van der Waals surface area (Å²) in [6.07, 6.45) is 1.23. The Morgan fingerprint density at radius 1 is 1.22 bits per heavy atom. The van der Waals surface area contributed by atoms with E-state index in [0.717, 1.165) is 6.07 Å². The second kappa shape index (κ2) is 7.70. The summed E-state index contributed by atoms with van der Waals surface area (Å²) in [5, 5.41) is 5.04. The Morgan fingerprint density at radius 2 is 1.91 bits per heavy atom. The van der Waals surface area contributed by atoms with Crippen LogP contribution in [0.3, 0.4) is 0 Å². The van der Waals surface area contributed by atoms with Crippen molar-refractivity contribution < 1.29 is 27.2 Å². The maximum atomic E-state index is 13.4. The van der Waals surface area contributed by atoms with Crippen molar-refractivity contribution in [3.63, 3.8) is 0 Å².